The van der Waals surface area contributed by atoms with Gasteiger partial charge in [0, 0.05) is 23.0 Å². The highest BCUT2D eigenvalue weighted by Crippen LogP contribution is 2.14. The normalized spacial score (nSPS) is 11.4. The molecule has 0 unspecified atom stereocenters. The van der Waals surface area contributed by atoms with Crippen LogP contribution in [0.5, 0.6) is 0 Å². The van der Waals surface area contributed by atoms with Crippen LogP contribution in [-0.2, 0) is 0 Å². The minimum absolute atomic E-state index is 0.0125. The van der Waals surface area contributed by atoms with E-state index < -0.39 is 0 Å². The van der Waals surface area contributed by atoms with E-state index in [9.17, 15) is 9.59 Å². The molecule has 0 bridgehead atoms. The lowest BCUT2D eigenvalue weighted by atomic mass is 9.99. The second-order valence-corrected chi connectivity index (χ2v) is 6.62. The molecule has 0 N–H and O–H groups in total. The lowest BCUT2D eigenvalue weighted by Gasteiger charge is -2.05. The van der Waals surface area contributed by atoms with Crippen molar-refractivity contribution in [2.75, 3.05) is 0 Å². The third-order valence-electron chi connectivity index (χ3n) is 3.91. The van der Waals surface area contributed by atoms with Crippen LogP contribution < -0.4 is 0 Å². The van der Waals surface area contributed by atoms with E-state index in [1.54, 1.807) is 0 Å². The van der Waals surface area contributed by atoms with Gasteiger partial charge >= 0.3 is 0 Å². The van der Waals surface area contributed by atoms with Crippen molar-refractivity contribution in [1.82, 2.24) is 0 Å². The first-order chi connectivity index (χ1) is 11.4. The molecule has 2 aromatic carbocycles. The lowest BCUT2D eigenvalue weighted by Crippen LogP contribution is -2.06. The first kappa shape index (κ1) is 17.9. The van der Waals surface area contributed by atoms with Crippen molar-refractivity contribution in [3.63, 3.8) is 0 Å². The van der Waals surface area contributed by atoms with Crippen LogP contribution in [0.2, 0.25) is 0 Å². The lowest BCUT2D eigenvalue weighted by molar-refractivity contribution is 0.0932. The van der Waals surface area contributed by atoms with E-state index in [-0.39, 0.29) is 23.4 Å². The molecule has 0 aliphatic carbocycles. The zero-order chi connectivity index (χ0) is 17.7. The molecule has 0 radical (unpaired) electrons. The highest BCUT2D eigenvalue weighted by molar-refractivity contribution is 5.98. The van der Waals surface area contributed by atoms with E-state index in [1.807, 2.05) is 88.4 Å². The van der Waals surface area contributed by atoms with Gasteiger partial charge in [0.1, 0.15) is 0 Å². The Balaban J connectivity index is 2.08. The molecule has 124 valence electrons. The minimum atomic E-state index is 0.0125. The van der Waals surface area contributed by atoms with Crippen LogP contribution in [0.1, 0.15) is 59.5 Å². The van der Waals surface area contributed by atoms with Gasteiger partial charge in [-0.1, -0.05) is 88.4 Å². The smallest absolute Gasteiger partial charge is 0.165 e. The van der Waals surface area contributed by atoms with E-state index >= 15 is 0 Å². The Hall–Kier alpha value is -2.48. The summed E-state index contributed by atoms with van der Waals surface area (Å²) in [5.41, 5.74) is 3.58. The summed E-state index contributed by atoms with van der Waals surface area (Å²) in [4.78, 5) is 23.8. The number of carbonyl (C=O) groups is 2. The molecule has 0 aliphatic heterocycles. The van der Waals surface area contributed by atoms with Crippen LogP contribution in [0.3, 0.4) is 0 Å². The number of Topliss-reactive ketones (excluding diaryl/α,β-unsaturated/α-hetero) is 2. The van der Waals surface area contributed by atoms with Crippen molar-refractivity contribution in [3.8, 4) is 0 Å². The molecule has 0 aromatic heterocycles. The SMILES string of the molecule is CC(C)C(=O)c1ccc(/C=C/c2ccc(C(=O)C(C)C)cc2)cc1. The molecule has 2 heteroatoms. The molecule has 0 fully saturated rings. The largest absolute Gasteiger partial charge is 0.294 e. The standard InChI is InChI=1S/C22H24O2/c1-15(2)21(23)19-11-7-17(8-12-19)5-6-18-9-13-20(14-10-18)22(24)16(3)4/h5-16H,1-4H3/b6-5+. The molecule has 24 heavy (non-hydrogen) atoms. The van der Waals surface area contributed by atoms with Crippen LogP contribution in [0.25, 0.3) is 12.2 Å². The highest BCUT2D eigenvalue weighted by atomic mass is 16.1. The topological polar surface area (TPSA) is 34.1 Å². The quantitative estimate of drug-likeness (QED) is 0.517. The van der Waals surface area contributed by atoms with E-state index in [0.29, 0.717) is 0 Å². The van der Waals surface area contributed by atoms with Crippen LogP contribution >= 0.6 is 0 Å². The number of hydrogen-bond donors (Lipinski definition) is 0. The van der Waals surface area contributed by atoms with Crippen molar-refractivity contribution in [2.24, 2.45) is 11.8 Å². The van der Waals surface area contributed by atoms with Crippen molar-refractivity contribution >= 4 is 23.7 Å². The average molecular weight is 320 g/mol. The monoisotopic (exact) mass is 320 g/mol. The molecular formula is C22H24O2. The predicted octanol–water partition coefficient (Wildman–Crippen LogP) is 5.53. The van der Waals surface area contributed by atoms with Crippen LogP contribution in [-0.4, -0.2) is 11.6 Å². The van der Waals surface area contributed by atoms with E-state index in [4.69, 9.17) is 0 Å². The average Bonchev–Trinajstić information content (AvgIpc) is 2.59. The van der Waals surface area contributed by atoms with Gasteiger partial charge in [0.15, 0.2) is 11.6 Å². The summed E-state index contributed by atoms with van der Waals surface area (Å²) < 4.78 is 0. The van der Waals surface area contributed by atoms with Gasteiger partial charge in [-0.15, -0.1) is 0 Å². The third kappa shape index (κ3) is 4.51. The van der Waals surface area contributed by atoms with E-state index in [2.05, 4.69) is 0 Å². The molecular weight excluding hydrogens is 296 g/mol. The van der Waals surface area contributed by atoms with Gasteiger partial charge in [-0.3, -0.25) is 9.59 Å². The molecule has 0 spiro atoms. The van der Waals surface area contributed by atoms with E-state index in [1.165, 1.54) is 0 Å². The number of carbonyl (C=O) groups excluding carboxylic acids is 2. The molecule has 0 amide bonds. The number of rotatable bonds is 6. The van der Waals surface area contributed by atoms with Gasteiger partial charge in [0.2, 0.25) is 0 Å². The molecule has 0 aliphatic rings. The van der Waals surface area contributed by atoms with Gasteiger partial charge in [-0.05, 0) is 11.1 Å². The van der Waals surface area contributed by atoms with Crippen molar-refractivity contribution in [3.05, 3.63) is 70.8 Å². The van der Waals surface area contributed by atoms with Gasteiger partial charge in [0.05, 0.1) is 0 Å². The Bertz CT molecular complexity index is 667. The van der Waals surface area contributed by atoms with Crippen molar-refractivity contribution in [2.45, 2.75) is 27.7 Å². The first-order valence-electron chi connectivity index (χ1n) is 8.35. The zero-order valence-electron chi connectivity index (χ0n) is 14.7. The minimum Gasteiger partial charge on any atom is -0.294 e. The predicted molar refractivity (Wildman–Crippen MR) is 100 cm³/mol. The van der Waals surface area contributed by atoms with E-state index in [0.717, 1.165) is 22.3 Å². The maximum Gasteiger partial charge on any atom is 0.165 e. The summed E-state index contributed by atoms with van der Waals surface area (Å²) in [7, 11) is 0. The molecule has 0 saturated heterocycles. The summed E-state index contributed by atoms with van der Waals surface area (Å²) >= 11 is 0. The fourth-order valence-electron chi connectivity index (χ4n) is 2.38. The van der Waals surface area contributed by atoms with Crippen LogP contribution in [0.15, 0.2) is 48.5 Å². The Morgan fingerprint density at radius 2 is 0.917 bits per heavy atom. The third-order valence-corrected chi connectivity index (χ3v) is 3.91. The van der Waals surface area contributed by atoms with Gasteiger partial charge < -0.3 is 0 Å². The first-order valence-corrected chi connectivity index (χ1v) is 8.35. The Morgan fingerprint density at radius 1 is 0.625 bits per heavy atom. The van der Waals surface area contributed by atoms with Crippen molar-refractivity contribution in [1.29, 1.82) is 0 Å². The number of ketones is 2. The Morgan fingerprint density at radius 3 is 1.17 bits per heavy atom. The molecule has 2 aromatic rings. The van der Waals surface area contributed by atoms with Gasteiger partial charge in [0.25, 0.3) is 0 Å². The zero-order valence-corrected chi connectivity index (χ0v) is 14.7. The maximum absolute atomic E-state index is 11.9. The number of hydrogen-bond acceptors (Lipinski definition) is 2. The summed E-state index contributed by atoms with van der Waals surface area (Å²) in [5, 5.41) is 0. The summed E-state index contributed by atoms with van der Waals surface area (Å²) in [6, 6.07) is 15.3. The summed E-state index contributed by atoms with van der Waals surface area (Å²) in [5.74, 6) is 0.351. The summed E-state index contributed by atoms with van der Waals surface area (Å²) in [6.07, 6.45) is 4.01. The second kappa shape index (κ2) is 7.87. The van der Waals surface area contributed by atoms with Crippen LogP contribution in [0, 0.1) is 11.8 Å². The molecule has 0 saturated carbocycles. The molecule has 0 heterocycles. The fourth-order valence-corrected chi connectivity index (χ4v) is 2.38. The number of benzene rings is 2. The molecule has 0 atom stereocenters. The van der Waals surface area contributed by atoms with Crippen LogP contribution in [0.4, 0.5) is 0 Å². The molecule has 2 rings (SSSR count). The Kier molecular flexibility index (Phi) is 5.86. The fraction of sp³-hybridized carbons (Fsp3) is 0.273. The van der Waals surface area contributed by atoms with Gasteiger partial charge in [-0.2, -0.15) is 0 Å². The second-order valence-electron chi connectivity index (χ2n) is 6.62. The van der Waals surface area contributed by atoms with Crippen molar-refractivity contribution < 1.29 is 9.59 Å². The maximum atomic E-state index is 11.9. The molecule has 2 nitrogen and oxygen atoms in total. The highest BCUT2D eigenvalue weighted by Gasteiger charge is 2.10. The summed E-state index contributed by atoms with van der Waals surface area (Å²) in [6.45, 7) is 7.63. The Labute approximate surface area is 144 Å². The van der Waals surface area contributed by atoms with Gasteiger partial charge in [-0.25, -0.2) is 0 Å².